The van der Waals surface area contributed by atoms with Crippen LogP contribution in [0, 0.1) is 0 Å². The first-order valence-corrected chi connectivity index (χ1v) is 8.71. The molecule has 1 aliphatic heterocycles. The average Bonchev–Trinajstić information content (AvgIpc) is 2.55. The summed E-state index contributed by atoms with van der Waals surface area (Å²) < 4.78 is 6.82. The second kappa shape index (κ2) is 7.47. The molecule has 5 atom stereocenters. The summed E-state index contributed by atoms with van der Waals surface area (Å²) in [4.78, 5) is 16.4. The summed E-state index contributed by atoms with van der Waals surface area (Å²) in [6.07, 6.45) is -4.87. The van der Waals surface area contributed by atoms with Gasteiger partial charge in [0.15, 0.2) is 17.2 Å². The Labute approximate surface area is 144 Å². The molecule has 2 rings (SSSR count). The van der Waals surface area contributed by atoms with E-state index in [1.165, 1.54) is 16.3 Å². The van der Waals surface area contributed by atoms with Crippen LogP contribution in [0.5, 0.6) is 0 Å². The topological polar surface area (TPSA) is 137 Å². The first-order chi connectivity index (χ1) is 10.8. The molecule has 0 radical (unpaired) electrons. The molecule has 11 heteroatoms. The van der Waals surface area contributed by atoms with Gasteiger partial charge in [-0.3, -0.25) is 9.36 Å². The summed E-state index contributed by atoms with van der Waals surface area (Å²) in [5.41, 5.74) is -0.337. The highest BCUT2D eigenvalue weighted by Crippen LogP contribution is 2.25. The molecule has 0 amide bonds. The van der Waals surface area contributed by atoms with E-state index in [9.17, 15) is 25.2 Å². The van der Waals surface area contributed by atoms with Crippen molar-refractivity contribution in [1.82, 2.24) is 9.55 Å². The van der Waals surface area contributed by atoms with Gasteiger partial charge in [-0.25, -0.2) is 4.98 Å². The van der Waals surface area contributed by atoms with Crippen LogP contribution in [0.2, 0.25) is 0 Å². The van der Waals surface area contributed by atoms with Gasteiger partial charge in [0, 0.05) is 7.05 Å². The number of nitrogens with zero attached hydrogens (tertiary/aromatic N) is 2. The Morgan fingerprint density at radius 2 is 2.00 bits per heavy atom. The number of rotatable bonds is 4. The Hall–Kier alpha value is -0.690. The summed E-state index contributed by atoms with van der Waals surface area (Å²) in [6.45, 7) is -0.537. The fourth-order valence-corrected chi connectivity index (χ4v) is 3.20. The van der Waals surface area contributed by atoms with Crippen molar-refractivity contribution in [2.24, 2.45) is 7.05 Å². The van der Waals surface area contributed by atoms with E-state index in [-0.39, 0.29) is 15.8 Å². The molecule has 0 bridgehead atoms. The summed E-state index contributed by atoms with van der Waals surface area (Å²) in [6, 6.07) is 0. The van der Waals surface area contributed by atoms with Crippen LogP contribution in [0.15, 0.2) is 14.4 Å². The van der Waals surface area contributed by atoms with Crippen LogP contribution in [0.3, 0.4) is 0 Å². The summed E-state index contributed by atoms with van der Waals surface area (Å²) >= 11 is 4.39. The van der Waals surface area contributed by atoms with Gasteiger partial charge in [0.1, 0.15) is 28.9 Å². The third kappa shape index (κ3) is 3.55. The van der Waals surface area contributed by atoms with E-state index < -0.39 is 37.3 Å². The van der Waals surface area contributed by atoms with Crippen LogP contribution < -0.4 is 10.9 Å². The number of hydrogen-bond donors (Lipinski definition) is 5. The van der Waals surface area contributed by atoms with Crippen molar-refractivity contribution in [2.75, 3.05) is 18.2 Å². The molecular formula is C12H18BrN3O6S. The van der Waals surface area contributed by atoms with Gasteiger partial charge in [0.25, 0.3) is 5.56 Å². The van der Waals surface area contributed by atoms with E-state index in [1.807, 2.05) is 0 Å². The molecule has 0 spiro atoms. The highest BCUT2D eigenvalue weighted by Gasteiger charge is 2.43. The quantitative estimate of drug-likeness (QED) is 0.295. The second-order valence-electron chi connectivity index (χ2n) is 5.02. The Balaban J connectivity index is 2.31. The maximum atomic E-state index is 12.1. The lowest BCUT2D eigenvalue weighted by Crippen LogP contribution is -2.60. The van der Waals surface area contributed by atoms with Crippen molar-refractivity contribution >= 4 is 33.5 Å². The van der Waals surface area contributed by atoms with E-state index >= 15 is 0 Å². The van der Waals surface area contributed by atoms with Crippen molar-refractivity contribution in [3.63, 3.8) is 0 Å². The Kier molecular flexibility index (Phi) is 6.05. The Morgan fingerprint density at radius 3 is 2.57 bits per heavy atom. The predicted octanol–water partition coefficient (Wildman–Crippen LogP) is -1.52. The lowest BCUT2D eigenvalue weighted by Gasteiger charge is -2.40. The van der Waals surface area contributed by atoms with E-state index in [0.29, 0.717) is 5.16 Å². The van der Waals surface area contributed by atoms with Gasteiger partial charge in [-0.05, 0) is 22.2 Å². The molecule has 0 aromatic carbocycles. The molecule has 2 heterocycles. The maximum Gasteiger partial charge on any atom is 0.270 e. The van der Waals surface area contributed by atoms with Gasteiger partial charge < -0.3 is 30.5 Å². The molecule has 0 unspecified atom stereocenters. The molecule has 5 N–H and O–H groups in total. The molecule has 130 valence electrons. The van der Waals surface area contributed by atoms with Gasteiger partial charge in [0.2, 0.25) is 0 Å². The highest BCUT2D eigenvalue weighted by molar-refractivity contribution is 9.10. The minimum Gasteiger partial charge on any atom is -0.394 e. The zero-order valence-electron chi connectivity index (χ0n) is 12.4. The fourth-order valence-electron chi connectivity index (χ4n) is 2.19. The zero-order valence-corrected chi connectivity index (χ0v) is 14.8. The molecule has 0 saturated carbocycles. The molecule has 9 nitrogen and oxygen atoms in total. The Morgan fingerprint density at radius 1 is 1.35 bits per heavy atom. The molecule has 1 fully saturated rings. The molecule has 0 aliphatic carbocycles. The average molecular weight is 412 g/mol. The molecule has 1 aromatic rings. The monoisotopic (exact) mass is 411 g/mol. The summed E-state index contributed by atoms with van der Waals surface area (Å²) in [5, 5.41) is 41.9. The van der Waals surface area contributed by atoms with Crippen LogP contribution in [0.25, 0.3) is 0 Å². The lowest BCUT2D eigenvalue weighted by molar-refractivity contribution is -0.221. The van der Waals surface area contributed by atoms with Crippen molar-refractivity contribution in [3.05, 3.63) is 14.8 Å². The van der Waals surface area contributed by atoms with E-state index in [1.54, 1.807) is 13.3 Å². The largest absolute Gasteiger partial charge is 0.394 e. The molecular weight excluding hydrogens is 394 g/mol. The van der Waals surface area contributed by atoms with E-state index in [2.05, 4.69) is 26.2 Å². The van der Waals surface area contributed by atoms with Gasteiger partial charge in [-0.2, -0.15) is 0 Å². The number of halogens is 1. The number of hydrogen-bond acceptors (Lipinski definition) is 9. The van der Waals surface area contributed by atoms with Crippen LogP contribution >= 0.6 is 27.7 Å². The molecule has 1 saturated heterocycles. The maximum absolute atomic E-state index is 12.1. The van der Waals surface area contributed by atoms with Crippen LogP contribution in [0.4, 0.5) is 5.82 Å². The standard InChI is InChI=1S/C12H18BrN3O6S/c1-16-11(21)5(13)9(15-12(16)23-2)14-10-8(20)7(19)6(18)4(3-17)22-10/h4,6-8,10,14,17-20H,3H2,1-2H3/t4-,6+,7+,8+,10+/m0/s1. The number of aliphatic hydroxyl groups is 4. The fraction of sp³-hybridized carbons (Fsp3) is 0.667. The number of aliphatic hydroxyl groups excluding tert-OH is 4. The third-order valence-corrected chi connectivity index (χ3v) is 4.99. The SMILES string of the molecule is CSc1nc(N[C@@H]2O[C@@H](CO)[C@@H](O)[C@@H](O)[C@H]2O)c(Br)c(=O)n1C. The minimum atomic E-state index is -1.51. The van der Waals surface area contributed by atoms with Gasteiger partial charge in [-0.1, -0.05) is 11.8 Å². The first-order valence-electron chi connectivity index (χ1n) is 6.69. The van der Waals surface area contributed by atoms with Crippen LogP contribution in [-0.2, 0) is 11.8 Å². The number of anilines is 1. The van der Waals surface area contributed by atoms with E-state index in [4.69, 9.17) is 4.74 Å². The van der Waals surface area contributed by atoms with Crippen molar-refractivity contribution in [2.45, 2.75) is 35.8 Å². The van der Waals surface area contributed by atoms with Gasteiger partial charge >= 0.3 is 0 Å². The minimum absolute atomic E-state index is 0.127. The Bertz CT molecular complexity index is 628. The molecule has 1 aliphatic rings. The van der Waals surface area contributed by atoms with Crippen molar-refractivity contribution in [3.8, 4) is 0 Å². The lowest BCUT2D eigenvalue weighted by atomic mass is 9.98. The van der Waals surface area contributed by atoms with Crippen molar-refractivity contribution < 1.29 is 25.2 Å². The zero-order chi connectivity index (χ0) is 17.3. The molecule has 1 aromatic heterocycles. The third-order valence-electron chi connectivity index (χ3n) is 3.55. The highest BCUT2D eigenvalue weighted by atomic mass is 79.9. The van der Waals surface area contributed by atoms with E-state index in [0.717, 1.165) is 0 Å². The van der Waals surface area contributed by atoms with Gasteiger partial charge in [0.05, 0.1) is 6.61 Å². The number of aromatic nitrogens is 2. The van der Waals surface area contributed by atoms with Crippen LogP contribution in [-0.4, -0.2) is 73.5 Å². The second-order valence-corrected chi connectivity index (χ2v) is 6.59. The van der Waals surface area contributed by atoms with Gasteiger partial charge in [-0.15, -0.1) is 0 Å². The molecule has 23 heavy (non-hydrogen) atoms. The first kappa shape index (κ1) is 18.6. The number of ether oxygens (including phenoxy) is 1. The normalized spacial score (nSPS) is 31.2. The van der Waals surface area contributed by atoms with Crippen molar-refractivity contribution in [1.29, 1.82) is 0 Å². The number of thioether (sulfide) groups is 1. The van der Waals surface area contributed by atoms with Crippen LogP contribution in [0.1, 0.15) is 0 Å². The summed E-state index contributed by atoms with van der Waals surface area (Å²) in [5.74, 6) is 0.127. The summed E-state index contributed by atoms with van der Waals surface area (Å²) in [7, 11) is 1.57. The number of nitrogens with one attached hydrogen (secondary N) is 1. The predicted molar refractivity (Wildman–Crippen MR) is 86.3 cm³/mol. The smallest absolute Gasteiger partial charge is 0.270 e.